The van der Waals surface area contributed by atoms with Crippen LogP contribution in [0.25, 0.3) is 10.4 Å². The summed E-state index contributed by atoms with van der Waals surface area (Å²) in [7, 11) is 2.64. The summed E-state index contributed by atoms with van der Waals surface area (Å²) < 4.78 is 43.8. The Morgan fingerprint density at radius 2 is 1.84 bits per heavy atom. The van der Waals surface area contributed by atoms with E-state index in [-0.39, 0.29) is 17.4 Å². The Morgan fingerprint density at radius 3 is 2.47 bits per heavy atom. The molecule has 1 heterocycles. The maximum absolute atomic E-state index is 14.0. The van der Waals surface area contributed by atoms with E-state index in [1.54, 1.807) is 24.3 Å². The Bertz CT molecular complexity index is 1160. The zero-order valence-electron chi connectivity index (χ0n) is 17.1. The molecule has 0 saturated heterocycles. The van der Waals surface area contributed by atoms with E-state index in [1.807, 2.05) is 0 Å². The second kappa shape index (κ2) is 10.0. The molecule has 3 aromatic rings. The average Bonchev–Trinajstić information content (AvgIpc) is 3.20. The quantitative estimate of drug-likeness (QED) is 0.387. The summed E-state index contributed by atoms with van der Waals surface area (Å²) in [6.07, 6.45) is 1.54. The largest absolute Gasteiger partial charge is 0.493 e. The lowest BCUT2D eigenvalue weighted by molar-refractivity contribution is 0.0595. The van der Waals surface area contributed by atoms with E-state index in [0.717, 1.165) is 29.5 Å². The van der Waals surface area contributed by atoms with Crippen LogP contribution in [0.4, 0.5) is 13.9 Å². The first-order chi connectivity index (χ1) is 15.4. The van der Waals surface area contributed by atoms with Crippen LogP contribution in [0, 0.1) is 11.6 Å². The number of carbonyl (C=O) groups excluding carboxylic acids is 2. The average molecular weight is 460 g/mol. The monoisotopic (exact) mass is 460 g/mol. The topological polar surface area (TPSA) is 86.8 Å². The predicted octanol–water partition coefficient (Wildman–Crippen LogP) is 4.70. The number of ether oxygens (including phenoxy) is 3. The fourth-order valence-corrected chi connectivity index (χ4v) is 3.78. The number of methoxy groups -OCH3 is 2. The number of amides is 1. The smallest absolute Gasteiger partial charge is 0.358 e. The summed E-state index contributed by atoms with van der Waals surface area (Å²) in [5.41, 5.74) is -0.430. The molecule has 7 nitrogen and oxygen atoms in total. The molecule has 0 bridgehead atoms. The van der Waals surface area contributed by atoms with Crippen molar-refractivity contribution < 1.29 is 32.6 Å². The van der Waals surface area contributed by atoms with E-state index in [2.05, 4.69) is 16.9 Å². The first-order valence-corrected chi connectivity index (χ1v) is 9.98. The van der Waals surface area contributed by atoms with Gasteiger partial charge in [-0.05, 0) is 24.3 Å². The minimum atomic E-state index is -1.05. The molecular weight excluding hydrogens is 442 g/mol. The molecule has 1 amide bonds. The SMILES string of the molecule is C=CCOc1c(OC)cccc1-c1sc(NC(=O)c2c(F)cccc2F)nc1C(=O)OC. The number of aromatic nitrogens is 1. The van der Waals surface area contributed by atoms with Gasteiger partial charge in [0.25, 0.3) is 5.91 Å². The van der Waals surface area contributed by atoms with Crippen LogP contribution in [0.5, 0.6) is 11.5 Å². The van der Waals surface area contributed by atoms with Crippen LogP contribution in [-0.4, -0.2) is 37.7 Å². The fraction of sp³-hybridized carbons (Fsp3) is 0.136. The van der Waals surface area contributed by atoms with Gasteiger partial charge in [0.05, 0.1) is 19.1 Å². The lowest BCUT2D eigenvalue weighted by atomic mass is 10.1. The van der Waals surface area contributed by atoms with E-state index >= 15 is 0 Å². The number of para-hydroxylation sites is 1. The Morgan fingerprint density at radius 1 is 1.16 bits per heavy atom. The number of nitrogens with one attached hydrogen (secondary N) is 1. The third-order valence-electron chi connectivity index (χ3n) is 4.21. The van der Waals surface area contributed by atoms with Crippen molar-refractivity contribution in [2.24, 2.45) is 0 Å². The molecule has 0 radical (unpaired) electrons. The number of hydrogen-bond acceptors (Lipinski definition) is 7. The third kappa shape index (κ3) is 4.59. The first kappa shape index (κ1) is 22.9. The molecule has 10 heteroatoms. The van der Waals surface area contributed by atoms with Crippen molar-refractivity contribution in [1.29, 1.82) is 0 Å². The normalized spacial score (nSPS) is 10.4. The lowest BCUT2D eigenvalue weighted by Gasteiger charge is -2.13. The van der Waals surface area contributed by atoms with Crippen LogP contribution in [0.2, 0.25) is 0 Å². The highest BCUT2D eigenvalue weighted by atomic mass is 32.1. The van der Waals surface area contributed by atoms with Gasteiger partial charge in [0.2, 0.25) is 0 Å². The highest BCUT2D eigenvalue weighted by Gasteiger charge is 2.26. The van der Waals surface area contributed by atoms with E-state index in [0.29, 0.717) is 21.9 Å². The standard InChI is InChI=1S/C22H18F2N2O5S/c1-4-11-31-18-12(7-5-10-15(18)29-2)19-17(21(28)30-3)25-22(32-19)26-20(27)16-13(23)8-6-9-14(16)24/h4-10H,1,11H2,2-3H3,(H,25,26,27). The number of rotatable bonds is 8. The molecule has 2 aromatic carbocycles. The number of halogens is 2. The molecule has 0 atom stereocenters. The fourth-order valence-electron chi connectivity index (χ4n) is 2.81. The number of hydrogen-bond donors (Lipinski definition) is 1. The van der Waals surface area contributed by atoms with Crippen molar-refractivity contribution in [2.75, 3.05) is 26.1 Å². The summed E-state index contributed by atoms with van der Waals surface area (Å²) in [6.45, 7) is 3.78. The van der Waals surface area contributed by atoms with Crippen molar-refractivity contribution in [3.63, 3.8) is 0 Å². The van der Waals surface area contributed by atoms with Crippen LogP contribution in [0.1, 0.15) is 20.8 Å². The Kier molecular flexibility index (Phi) is 7.16. The maximum atomic E-state index is 14.0. The molecule has 166 valence electrons. The molecule has 1 aromatic heterocycles. The Balaban J connectivity index is 2.08. The Labute approximate surface area is 186 Å². The van der Waals surface area contributed by atoms with Gasteiger partial charge in [-0.2, -0.15) is 0 Å². The number of anilines is 1. The van der Waals surface area contributed by atoms with Crippen molar-refractivity contribution in [1.82, 2.24) is 4.98 Å². The molecule has 1 N–H and O–H groups in total. The summed E-state index contributed by atoms with van der Waals surface area (Å²) in [6, 6.07) is 8.09. The molecular formula is C22H18F2N2O5S. The van der Waals surface area contributed by atoms with Gasteiger partial charge in [0.1, 0.15) is 23.8 Å². The minimum Gasteiger partial charge on any atom is -0.493 e. The zero-order valence-corrected chi connectivity index (χ0v) is 17.9. The van der Waals surface area contributed by atoms with Crippen LogP contribution in [0.3, 0.4) is 0 Å². The molecule has 0 saturated carbocycles. The molecule has 0 fully saturated rings. The van der Waals surface area contributed by atoms with Gasteiger partial charge in [0.15, 0.2) is 22.3 Å². The second-order valence-corrected chi connectivity index (χ2v) is 7.17. The molecule has 0 aliphatic rings. The molecule has 0 aliphatic heterocycles. The summed E-state index contributed by atoms with van der Waals surface area (Å²) in [5.74, 6) is -3.16. The van der Waals surface area contributed by atoms with Gasteiger partial charge in [-0.25, -0.2) is 18.6 Å². The maximum Gasteiger partial charge on any atom is 0.358 e. The van der Waals surface area contributed by atoms with E-state index in [9.17, 15) is 18.4 Å². The number of benzene rings is 2. The van der Waals surface area contributed by atoms with E-state index in [1.165, 1.54) is 14.2 Å². The number of nitrogens with zero attached hydrogens (tertiary/aromatic N) is 1. The van der Waals surface area contributed by atoms with Crippen molar-refractivity contribution in [3.8, 4) is 21.9 Å². The highest BCUT2D eigenvalue weighted by Crippen LogP contribution is 2.43. The Hall–Kier alpha value is -3.79. The summed E-state index contributed by atoms with van der Waals surface area (Å²) in [4.78, 5) is 29.2. The van der Waals surface area contributed by atoms with Gasteiger partial charge < -0.3 is 14.2 Å². The van der Waals surface area contributed by atoms with E-state index < -0.39 is 29.1 Å². The predicted molar refractivity (Wildman–Crippen MR) is 115 cm³/mol. The summed E-state index contributed by atoms with van der Waals surface area (Å²) in [5, 5.41) is 2.27. The second-order valence-electron chi connectivity index (χ2n) is 6.18. The molecule has 0 aliphatic carbocycles. The number of carbonyl (C=O) groups is 2. The van der Waals surface area contributed by atoms with Crippen LogP contribution < -0.4 is 14.8 Å². The summed E-state index contributed by atoms with van der Waals surface area (Å²) >= 11 is 0.908. The molecule has 3 rings (SSSR count). The first-order valence-electron chi connectivity index (χ1n) is 9.16. The highest BCUT2D eigenvalue weighted by molar-refractivity contribution is 7.19. The van der Waals surface area contributed by atoms with Crippen molar-refractivity contribution in [2.45, 2.75) is 0 Å². The van der Waals surface area contributed by atoms with Crippen LogP contribution >= 0.6 is 11.3 Å². The van der Waals surface area contributed by atoms with Gasteiger partial charge in [-0.15, -0.1) is 0 Å². The zero-order chi connectivity index (χ0) is 23.3. The lowest BCUT2D eigenvalue weighted by Crippen LogP contribution is -2.16. The van der Waals surface area contributed by atoms with Gasteiger partial charge in [0, 0.05) is 5.56 Å². The van der Waals surface area contributed by atoms with Crippen LogP contribution in [0.15, 0.2) is 49.1 Å². The van der Waals surface area contributed by atoms with Gasteiger partial charge >= 0.3 is 5.97 Å². The van der Waals surface area contributed by atoms with Gasteiger partial charge in [-0.1, -0.05) is 36.1 Å². The molecule has 0 unspecified atom stereocenters. The third-order valence-corrected chi connectivity index (χ3v) is 5.21. The number of thiazole rings is 1. The van der Waals surface area contributed by atoms with Crippen molar-refractivity contribution in [3.05, 3.63) is 71.9 Å². The van der Waals surface area contributed by atoms with Crippen molar-refractivity contribution >= 4 is 28.3 Å². The molecule has 0 spiro atoms. The van der Waals surface area contributed by atoms with Gasteiger partial charge in [-0.3, -0.25) is 10.1 Å². The minimum absolute atomic E-state index is 0.0643. The molecule has 32 heavy (non-hydrogen) atoms. The van der Waals surface area contributed by atoms with Crippen LogP contribution in [-0.2, 0) is 4.74 Å². The number of esters is 1. The van der Waals surface area contributed by atoms with E-state index in [4.69, 9.17) is 14.2 Å².